The van der Waals surface area contributed by atoms with E-state index in [-0.39, 0.29) is 22.4 Å². The smallest absolute Gasteiger partial charge is 0.397 e. The minimum absolute atomic E-state index is 0.0970. The quantitative estimate of drug-likeness (QED) is 0.413. The maximum atomic E-state index is 13.0. The molecule has 0 aliphatic carbocycles. The summed E-state index contributed by atoms with van der Waals surface area (Å²) >= 11 is 12.2. The van der Waals surface area contributed by atoms with Crippen molar-refractivity contribution in [2.75, 3.05) is 0 Å². The molecule has 0 saturated carbocycles. The average Bonchev–Trinajstić information content (AvgIpc) is 2.77. The summed E-state index contributed by atoms with van der Waals surface area (Å²) in [5, 5.41) is 9.71. The number of allylic oxidation sites excluding steroid dienone is 1. The second-order valence-corrected chi connectivity index (χ2v) is 8.50. The number of nitriles is 1. The topological polar surface area (TPSA) is 71.7 Å². The van der Waals surface area contributed by atoms with Gasteiger partial charge in [0, 0.05) is 17.7 Å². The van der Waals surface area contributed by atoms with Gasteiger partial charge in [-0.1, -0.05) is 47.5 Å². The maximum absolute atomic E-state index is 13.0. The first kappa shape index (κ1) is 25.6. The maximum Gasteiger partial charge on any atom is 0.397 e. The van der Waals surface area contributed by atoms with Gasteiger partial charge in [0.25, 0.3) is 0 Å². The number of ether oxygens (including phenoxy) is 2. The number of hydrogen-bond acceptors (Lipinski definition) is 5. The molecular weight excluding hydrogens is 492 g/mol. The summed E-state index contributed by atoms with van der Waals surface area (Å²) in [6.45, 7) is 3.31. The molecule has 0 spiro atoms. The van der Waals surface area contributed by atoms with E-state index in [0.29, 0.717) is 10.6 Å². The molecule has 0 amide bonds. The lowest BCUT2D eigenvalue weighted by Gasteiger charge is -2.22. The minimum Gasteiger partial charge on any atom is -0.479 e. The van der Waals surface area contributed by atoms with Gasteiger partial charge >= 0.3 is 6.18 Å². The van der Waals surface area contributed by atoms with Crippen LogP contribution in [0.25, 0.3) is 0 Å². The van der Waals surface area contributed by atoms with Crippen LogP contribution in [0.5, 0.6) is 11.5 Å². The molecule has 0 aromatic heterocycles. The zero-order valence-corrected chi connectivity index (χ0v) is 19.6. The van der Waals surface area contributed by atoms with Gasteiger partial charge in [-0.2, -0.15) is 18.4 Å². The molecule has 1 aliphatic heterocycles. The van der Waals surface area contributed by atoms with Crippen LogP contribution in [0.15, 0.2) is 58.4 Å². The molecule has 3 unspecified atom stereocenters. The largest absolute Gasteiger partial charge is 0.479 e. The van der Waals surface area contributed by atoms with Crippen molar-refractivity contribution in [2.24, 2.45) is 10.9 Å². The van der Waals surface area contributed by atoms with Crippen molar-refractivity contribution >= 4 is 35.2 Å². The Morgan fingerprint density at radius 2 is 1.88 bits per heavy atom. The van der Waals surface area contributed by atoms with Gasteiger partial charge in [0.2, 0.25) is 5.88 Å². The van der Waals surface area contributed by atoms with Gasteiger partial charge in [-0.25, -0.2) is 4.99 Å². The number of ketones is 1. The van der Waals surface area contributed by atoms with Crippen LogP contribution in [0.1, 0.15) is 30.4 Å². The van der Waals surface area contributed by atoms with Crippen LogP contribution >= 0.6 is 23.2 Å². The minimum atomic E-state index is -4.47. The standard InChI is InChI=1S/C24H19Cl2F3N2O3/c1-13-7-8-16(18(25)9-13)17(11-30)22(32)14(2)33-20-5-3-4-6-21(20)34-23-19(26)10-15(12-31-23)24(27,28)29/h3-9,12,14-15,17H,10H2,1-2H3. The second kappa shape index (κ2) is 10.5. The molecule has 5 nitrogen and oxygen atoms in total. The summed E-state index contributed by atoms with van der Waals surface area (Å²) in [5.74, 6) is -3.45. The monoisotopic (exact) mass is 510 g/mol. The summed E-state index contributed by atoms with van der Waals surface area (Å²) in [4.78, 5) is 16.7. The molecule has 3 rings (SSSR count). The Morgan fingerprint density at radius 3 is 2.47 bits per heavy atom. The van der Waals surface area contributed by atoms with Crippen LogP contribution in [-0.2, 0) is 4.79 Å². The number of benzene rings is 2. The Hall–Kier alpha value is -3.02. The van der Waals surface area contributed by atoms with Crippen LogP contribution in [0.2, 0.25) is 5.02 Å². The number of carbonyl (C=O) groups is 1. The number of alkyl halides is 3. The number of para-hydroxylation sites is 2. The number of rotatable bonds is 7. The highest BCUT2D eigenvalue weighted by Crippen LogP contribution is 2.37. The number of aryl methyl sites for hydroxylation is 1. The zero-order valence-electron chi connectivity index (χ0n) is 18.1. The van der Waals surface area contributed by atoms with E-state index in [0.717, 1.165) is 11.8 Å². The van der Waals surface area contributed by atoms with E-state index < -0.39 is 36.3 Å². The highest BCUT2D eigenvalue weighted by atomic mass is 35.5. The van der Waals surface area contributed by atoms with Crippen molar-refractivity contribution in [1.29, 1.82) is 5.26 Å². The van der Waals surface area contributed by atoms with Crippen LogP contribution in [0, 0.1) is 24.2 Å². The Kier molecular flexibility index (Phi) is 7.90. The Bertz CT molecular complexity index is 1190. The number of hydrogen-bond donors (Lipinski definition) is 0. The summed E-state index contributed by atoms with van der Waals surface area (Å²) in [6.07, 6.45) is -5.30. The highest BCUT2D eigenvalue weighted by Gasteiger charge is 2.41. The molecule has 2 aromatic rings. The second-order valence-electron chi connectivity index (χ2n) is 7.64. The molecule has 10 heteroatoms. The lowest BCUT2D eigenvalue weighted by atomic mass is 9.92. The summed E-state index contributed by atoms with van der Waals surface area (Å²) in [6, 6.07) is 13.2. The van der Waals surface area contributed by atoms with Crippen molar-refractivity contribution in [3.8, 4) is 17.6 Å². The third-order valence-electron chi connectivity index (χ3n) is 5.06. The van der Waals surface area contributed by atoms with Gasteiger partial charge in [-0.3, -0.25) is 4.79 Å². The SMILES string of the molecule is Cc1ccc(C(C#N)C(=O)C(C)Oc2ccccc2OC2=C(Cl)CC(C(F)(F)F)C=N2)c(Cl)c1. The molecule has 1 heterocycles. The lowest BCUT2D eigenvalue weighted by molar-refractivity contribution is -0.153. The van der Waals surface area contributed by atoms with E-state index >= 15 is 0 Å². The van der Waals surface area contributed by atoms with Crippen molar-refractivity contribution < 1.29 is 27.4 Å². The predicted molar refractivity (Wildman–Crippen MR) is 122 cm³/mol. The summed E-state index contributed by atoms with van der Waals surface area (Å²) in [5.41, 5.74) is 1.25. The molecule has 0 bridgehead atoms. The van der Waals surface area contributed by atoms with Gasteiger partial charge in [0.15, 0.2) is 23.4 Å². The first-order valence-electron chi connectivity index (χ1n) is 10.1. The Balaban J connectivity index is 1.78. The molecule has 34 heavy (non-hydrogen) atoms. The van der Waals surface area contributed by atoms with Crippen molar-refractivity contribution in [2.45, 2.75) is 38.5 Å². The third kappa shape index (κ3) is 5.91. The lowest BCUT2D eigenvalue weighted by Crippen LogP contribution is -2.29. The van der Waals surface area contributed by atoms with E-state index in [9.17, 15) is 23.2 Å². The van der Waals surface area contributed by atoms with Gasteiger partial charge < -0.3 is 9.47 Å². The molecule has 0 fully saturated rings. The molecule has 3 atom stereocenters. The molecule has 178 valence electrons. The van der Waals surface area contributed by atoms with Crippen molar-refractivity contribution in [3.63, 3.8) is 0 Å². The van der Waals surface area contributed by atoms with Crippen molar-refractivity contribution in [1.82, 2.24) is 0 Å². The van der Waals surface area contributed by atoms with Gasteiger partial charge in [-0.15, -0.1) is 0 Å². The number of halogens is 5. The third-order valence-corrected chi connectivity index (χ3v) is 5.71. The van der Waals surface area contributed by atoms with Crippen LogP contribution in [0.3, 0.4) is 0 Å². The average molecular weight is 511 g/mol. The number of aliphatic imine (C=N–C) groups is 1. The number of Topliss-reactive ketones (excluding diaryl/α,β-unsaturated/α-hetero) is 1. The van der Waals surface area contributed by atoms with Gasteiger partial charge in [-0.05, 0) is 43.2 Å². The molecule has 0 radical (unpaired) electrons. The van der Waals surface area contributed by atoms with E-state index in [1.165, 1.54) is 19.1 Å². The van der Waals surface area contributed by atoms with Gasteiger partial charge in [0.1, 0.15) is 5.92 Å². The molecule has 0 N–H and O–H groups in total. The fraction of sp³-hybridized carbons (Fsp3) is 0.292. The van der Waals surface area contributed by atoms with Crippen LogP contribution < -0.4 is 9.47 Å². The number of nitrogens with zero attached hydrogens (tertiary/aromatic N) is 2. The van der Waals surface area contributed by atoms with E-state index in [4.69, 9.17) is 32.7 Å². The summed E-state index contributed by atoms with van der Waals surface area (Å²) in [7, 11) is 0. The fourth-order valence-electron chi connectivity index (χ4n) is 3.21. The normalized spacial score (nSPS) is 17.6. The first-order chi connectivity index (χ1) is 16.0. The first-order valence-corrected chi connectivity index (χ1v) is 10.9. The van der Waals surface area contributed by atoms with E-state index in [2.05, 4.69) is 4.99 Å². The van der Waals surface area contributed by atoms with Crippen molar-refractivity contribution in [3.05, 3.63) is 69.5 Å². The van der Waals surface area contributed by atoms with Gasteiger partial charge in [0.05, 0.1) is 17.0 Å². The van der Waals surface area contributed by atoms with E-state index in [1.807, 2.05) is 13.0 Å². The number of carbonyl (C=O) groups excluding carboxylic acids is 1. The molecule has 1 aliphatic rings. The molecule has 2 aromatic carbocycles. The Labute approximate surface area is 204 Å². The fourth-order valence-corrected chi connectivity index (χ4v) is 3.81. The van der Waals surface area contributed by atoms with Crippen LogP contribution in [0.4, 0.5) is 13.2 Å². The molecular formula is C24H19Cl2F3N2O3. The predicted octanol–water partition coefficient (Wildman–Crippen LogP) is 6.73. The summed E-state index contributed by atoms with van der Waals surface area (Å²) < 4.78 is 50.1. The highest BCUT2D eigenvalue weighted by molar-refractivity contribution is 6.32. The zero-order chi connectivity index (χ0) is 25.0. The van der Waals surface area contributed by atoms with Crippen LogP contribution in [-0.4, -0.2) is 24.3 Å². The Morgan fingerprint density at radius 1 is 1.21 bits per heavy atom. The van der Waals surface area contributed by atoms with E-state index in [1.54, 1.807) is 30.3 Å². The molecule has 0 saturated heterocycles.